The molecule has 130 valence electrons. The maximum atomic E-state index is 2.29. The number of hydrogen-bond acceptors (Lipinski definition) is 0. The van der Waals surface area contributed by atoms with Gasteiger partial charge in [-0.1, -0.05) is 91.0 Å². The average Bonchev–Trinajstić information content (AvgIpc) is 2.74. The predicted octanol–water partition coefficient (Wildman–Crippen LogP) is 6.01. The Balaban J connectivity index is 1.62. The molecule has 27 heavy (non-hydrogen) atoms. The number of allylic oxidation sites excluding steroid dienone is 1. The summed E-state index contributed by atoms with van der Waals surface area (Å²) in [4.78, 5) is 0. The molecule has 0 aliphatic rings. The number of hydrogen-bond donors (Lipinski definition) is 0. The van der Waals surface area contributed by atoms with Crippen LogP contribution in [0.3, 0.4) is 0 Å². The van der Waals surface area contributed by atoms with Crippen molar-refractivity contribution in [3.8, 4) is 0 Å². The van der Waals surface area contributed by atoms with Crippen molar-refractivity contribution >= 4 is 29.1 Å². The first-order chi connectivity index (χ1) is 13.4. The number of fused-ring (bicyclic) bond motifs is 1. The van der Waals surface area contributed by atoms with Gasteiger partial charge in [-0.25, -0.2) is 0 Å². The van der Waals surface area contributed by atoms with E-state index < -0.39 is 0 Å². The molecule has 1 heterocycles. The fourth-order valence-corrected chi connectivity index (χ4v) is 3.23. The minimum absolute atomic E-state index is 0.845. The summed E-state index contributed by atoms with van der Waals surface area (Å²) in [5.74, 6) is 0. The molecule has 4 aromatic rings. The number of para-hydroxylation sites is 1. The van der Waals surface area contributed by atoms with E-state index in [9.17, 15) is 0 Å². The highest BCUT2D eigenvalue weighted by atomic mass is 14.9. The maximum absolute atomic E-state index is 2.29. The van der Waals surface area contributed by atoms with Crippen LogP contribution in [-0.4, -0.2) is 0 Å². The largest absolute Gasteiger partial charge is 0.213 e. The zero-order chi connectivity index (χ0) is 18.3. The van der Waals surface area contributed by atoms with Crippen LogP contribution in [0.4, 0.5) is 0 Å². The van der Waals surface area contributed by atoms with Gasteiger partial charge in [0, 0.05) is 12.1 Å². The van der Waals surface area contributed by atoms with Crippen LogP contribution >= 0.6 is 0 Å². The molecule has 0 atom stereocenters. The van der Waals surface area contributed by atoms with Gasteiger partial charge in [0.15, 0.2) is 12.7 Å². The van der Waals surface area contributed by atoms with E-state index in [0.717, 1.165) is 6.54 Å². The summed E-state index contributed by atoms with van der Waals surface area (Å²) in [7, 11) is 0. The van der Waals surface area contributed by atoms with Gasteiger partial charge in [0.2, 0.25) is 5.52 Å². The fourth-order valence-electron chi connectivity index (χ4n) is 3.23. The molecule has 0 aliphatic carbocycles. The monoisotopic (exact) mass is 348 g/mol. The second-order valence-electron chi connectivity index (χ2n) is 6.50. The third kappa shape index (κ3) is 4.21. The standard InChI is InChI=1S/C26H22N/c1-3-10-22(11-4-1)14-9-20-27-21-19-24(25-15-7-8-16-26(25)27)18-17-23-12-5-2-6-13-23/h1-19,21H,20H2/q+1/b14-9+,18-17+. The Labute approximate surface area is 160 Å². The molecular formula is C26H22N+. The molecule has 0 saturated heterocycles. The van der Waals surface area contributed by atoms with Gasteiger partial charge in [-0.2, -0.15) is 4.57 Å². The summed E-state index contributed by atoms with van der Waals surface area (Å²) >= 11 is 0. The summed E-state index contributed by atoms with van der Waals surface area (Å²) in [5.41, 5.74) is 4.91. The van der Waals surface area contributed by atoms with Gasteiger partial charge in [0.25, 0.3) is 0 Å². The summed E-state index contributed by atoms with van der Waals surface area (Å²) in [6, 6.07) is 31.6. The van der Waals surface area contributed by atoms with Gasteiger partial charge in [0.05, 0.1) is 5.39 Å². The lowest BCUT2D eigenvalue weighted by Crippen LogP contribution is -2.33. The minimum atomic E-state index is 0.845. The molecule has 1 aromatic heterocycles. The number of nitrogens with zero attached hydrogens (tertiary/aromatic N) is 1. The number of pyridine rings is 1. The summed E-state index contributed by atoms with van der Waals surface area (Å²) < 4.78 is 2.29. The van der Waals surface area contributed by atoms with E-state index in [2.05, 4.69) is 114 Å². The van der Waals surface area contributed by atoms with Gasteiger partial charge in [0.1, 0.15) is 0 Å². The van der Waals surface area contributed by atoms with Crippen molar-refractivity contribution < 1.29 is 4.57 Å². The van der Waals surface area contributed by atoms with E-state index in [1.807, 2.05) is 12.1 Å². The molecular weight excluding hydrogens is 326 g/mol. The van der Waals surface area contributed by atoms with Gasteiger partial charge in [-0.05, 0) is 28.8 Å². The molecule has 1 heteroatoms. The summed E-state index contributed by atoms with van der Waals surface area (Å²) in [6.45, 7) is 0.845. The fraction of sp³-hybridized carbons (Fsp3) is 0.0385. The molecule has 0 bridgehead atoms. The van der Waals surface area contributed by atoms with Crippen molar-refractivity contribution in [2.24, 2.45) is 0 Å². The molecule has 0 saturated carbocycles. The van der Waals surface area contributed by atoms with Crippen molar-refractivity contribution in [1.82, 2.24) is 0 Å². The van der Waals surface area contributed by atoms with Gasteiger partial charge >= 0.3 is 0 Å². The third-order valence-corrected chi connectivity index (χ3v) is 4.63. The molecule has 4 rings (SSSR count). The third-order valence-electron chi connectivity index (χ3n) is 4.63. The van der Waals surface area contributed by atoms with Gasteiger partial charge in [-0.3, -0.25) is 0 Å². The van der Waals surface area contributed by atoms with Gasteiger partial charge < -0.3 is 0 Å². The van der Waals surface area contributed by atoms with E-state index >= 15 is 0 Å². The highest BCUT2D eigenvalue weighted by Gasteiger charge is 2.09. The zero-order valence-corrected chi connectivity index (χ0v) is 15.2. The first kappa shape index (κ1) is 17.0. The van der Waals surface area contributed by atoms with Crippen molar-refractivity contribution in [3.05, 3.63) is 120 Å². The first-order valence-corrected chi connectivity index (χ1v) is 9.26. The van der Waals surface area contributed by atoms with Crippen molar-refractivity contribution in [2.45, 2.75) is 6.54 Å². The van der Waals surface area contributed by atoms with Crippen molar-refractivity contribution in [2.75, 3.05) is 0 Å². The molecule has 0 fully saturated rings. The number of benzene rings is 3. The van der Waals surface area contributed by atoms with E-state index in [1.54, 1.807) is 0 Å². The van der Waals surface area contributed by atoms with E-state index in [4.69, 9.17) is 0 Å². The van der Waals surface area contributed by atoms with Gasteiger partial charge in [-0.15, -0.1) is 0 Å². The molecule has 0 N–H and O–H groups in total. The molecule has 0 spiro atoms. The Hall–Kier alpha value is -3.45. The molecule has 1 nitrogen and oxygen atoms in total. The lowest BCUT2D eigenvalue weighted by Gasteiger charge is -2.03. The minimum Gasteiger partial charge on any atom is -0.195 e. The summed E-state index contributed by atoms with van der Waals surface area (Å²) in [5, 5.41) is 1.26. The molecule has 0 unspecified atom stereocenters. The van der Waals surface area contributed by atoms with Crippen molar-refractivity contribution in [1.29, 1.82) is 0 Å². The Bertz CT molecular complexity index is 1080. The van der Waals surface area contributed by atoms with Crippen LogP contribution in [-0.2, 0) is 6.54 Å². The Morgan fingerprint density at radius 2 is 1.22 bits per heavy atom. The summed E-state index contributed by atoms with van der Waals surface area (Å²) in [6.07, 6.45) is 10.9. The molecule has 0 radical (unpaired) electrons. The second kappa shape index (κ2) is 8.29. The lowest BCUT2D eigenvalue weighted by molar-refractivity contribution is -0.660. The normalized spacial score (nSPS) is 11.6. The number of aromatic nitrogens is 1. The number of rotatable bonds is 5. The van der Waals surface area contributed by atoms with Crippen LogP contribution in [0, 0.1) is 0 Å². The van der Waals surface area contributed by atoms with E-state index in [-0.39, 0.29) is 0 Å². The maximum Gasteiger partial charge on any atom is 0.213 e. The smallest absolute Gasteiger partial charge is 0.195 e. The van der Waals surface area contributed by atoms with Crippen LogP contribution in [0.5, 0.6) is 0 Å². The van der Waals surface area contributed by atoms with Crippen molar-refractivity contribution in [3.63, 3.8) is 0 Å². The molecule has 0 amide bonds. The van der Waals surface area contributed by atoms with Crippen LogP contribution in [0.25, 0.3) is 29.1 Å². The molecule has 0 aliphatic heterocycles. The highest BCUT2D eigenvalue weighted by Crippen LogP contribution is 2.18. The zero-order valence-electron chi connectivity index (χ0n) is 15.2. The van der Waals surface area contributed by atoms with E-state index in [0.29, 0.717) is 0 Å². The Morgan fingerprint density at radius 1 is 0.593 bits per heavy atom. The second-order valence-corrected chi connectivity index (χ2v) is 6.50. The predicted molar refractivity (Wildman–Crippen MR) is 115 cm³/mol. The van der Waals surface area contributed by atoms with Crippen LogP contribution in [0.2, 0.25) is 0 Å². The van der Waals surface area contributed by atoms with Crippen LogP contribution < -0.4 is 4.57 Å². The SMILES string of the molecule is C(=C\c1ccccc1)/C[n+]1ccc(/C=C/c2ccccc2)c2ccccc21. The van der Waals surface area contributed by atoms with E-state index in [1.165, 1.54) is 27.6 Å². The quantitative estimate of drug-likeness (QED) is 0.389. The lowest BCUT2D eigenvalue weighted by atomic mass is 10.1. The Kier molecular flexibility index (Phi) is 5.21. The first-order valence-electron chi connectivity index (χ1n) is 9.26. The molecule has 3 aromatic carbocycles. The van der Waals surface area contributed by atoms with Crippen LogP contribution in [0.15, 0.2) is 103 Å². The topological polar surface area (TPSA) is 3.88 Å². The highest BCUT2D eigenvalue weighted by molar-refractivity contribution is 5.88. The Morgan fingerprint density at radius 3 is 1.96 bits per heavy atom. The average molecular weight is 348 g/mol. The van der Waals surface area contributed by atoms with Crippen LogP contribution in [0.1, 0.15) is 16.7 Å².